The van der Waals surface area contributed by atoms with Gasteiger partial charge in [-0.1, -0.05) is 11.6 Å². The molecular formula is C7H11ClN4O2S. The largest absolute Gasteiger partial charge is 0.369 e. The average Bonchev–Trinajstić information content (AvgIpc) is 1.99. The van der Waals surface area contributed by atoms with Gasteiger partial charge in [-0.05, 0) is 0 Å². The van der Waals surface area contributed by atoms with E-state index in [0.29, 0.717) is 5.82 Å². The van der Waals surface area contributed by atoms with Gasteiger partial charge in [-0.25, -0.2) is 13.4 Å². The van der Waals surface area contributed by atoms with E-state index in [9.17, 15) is 8.42 Å². The Hall–Kier alpha value is -1.08. The summed E-state index contributed by atoms with van der Waals surface area (Å²) in [6, 6.07) is 1.47. The van der Waals surface area contributed by atoms with Gasteiger partial charge in [0.25, 0.3) is 0 Å². The minimum atomic E-state index is -2.98. The van der Waals surface area contributed by atoms with Gasteiger partial charge in [0.15, 0.2) is 0 Å². The first kappa shape index (κ1) is 12.0. The van der Waals surface area contributed by atoms with Gasteiger partial charge in [-0.15, -0.1) is 0 Å². The highest BCUT2D eigenvalue weighted by molar-refractivity contribution is 7.90. The van der Waals surface area contributed by atoms with Gasteiger partial charge in [0.1, 0.15) is 20.8 Å². The number of anilines is 2. The molecule has 0 aromatic carbocycles. The van der Waals surface area contributed by atoms with Gasteiger partial charge in [0.05, 0.1) is 5.75 Å². The number of nitrogen functional groups attached to an aromatic ring is 1. The van der Waals surface area contributed by atoms with E-state index in [2.05, 4.69) is 15.3 Å². The predicted molar refractivity (Wildman–Crippen MR) is 59.7 cm³/mol. The normalized spacial score (nSPS) is 11.3. The molecule has 0 amide bonds. The Balaban J connectivity index is 2.58. The molecule has 1 heterocycles. The van der Waals surface area contributed by atoms with Crippen LogP contribution in [0.1, 0.15) is 0 Å². The number of nitrogens with one attached hydrogen (secondary N) is 1. The quantitative estimate of drug-likeness (QED) is 0.739. The smallest absolute Gasteiger partial charge is 0.223 e. The number of hydrogen-bond acceptors (Lipinski definition) is 6. The van der Waals surface area contributed by atoms with Crippen molar-refractivity contribution >= 4 is 33.2 Å². The van der Waals surface area contributed by atoms with Crippen LogP contribution in [0.2, 0.25) is 5.15 Å². The molecule has 0 aliphatic carbocycles. The van der Waals surface area contributed by atoms with Crippen molar-refractivity contribution in [2.75, 3.05) is 29.6 Å². The molecule has 0 radical (unpaired) electrons. The van der Waals surface area contributed by atoms with Crippen molar-refractivity contribution in [1.29, 1.82) is 0 Å². The van der Waals surface area contributed by atoms with Crippen molar-refractivity contribution in [1.82, 2.24) is 9.97 Å². The van der Waals surface area contributed by atoms with E-state index >= 15 is 0 Å². The van der Waals surface area contributed by atoms with Crippen LogP contribution in [0.15, 0.2) is 6.07 Å². The first-order chi connectivity index (χ1) is 6.87. The molecule has 0 aliphatic rings. The third kappa shape index (κ3) is 4.80. The third-order valence-electron chi connectivity index (χ3n) is 1.49. The van der Waals surface area contributed by atoms with Gasteiger partial charge in [0, 0.05) is 18.9 Å². The molecule has 3 N–H and O–H groups in total. The number of halogens is 1. The highest BCUT2D eigenvalue weighted by atomic mass is 35.5. The number of rotatable bonds is 4. The van der Waals surface area contributed by atoms with Gasteiger partial charge in [0.2, 0.25) is 5.95 Å². The zero-order valence-electron chi connectivity index (χ0n) is 8.07. The molecule has 1 rings (SSSR count). The van der Waals surface area contributed by atoms with Crippen LogP contribution < -0.4 is 11.1 Å². The number of nitrogens with two attached hydrogens (primary N) is 1. The van der Waals surface area contributed by atoms with Crippen LogP contribution in [-0.2, 0) is 9.84 Å². The fraction of sp³-hybridized carbons (Fsp3) is 0.429. The maximum absolute atomic E-state index is 10.8. The lowest BCUT2D eigenvalue weighted by Gasteiger charge is -2.05. The second-order valence-electron chi connectivity index (χ2n) is 2.99. The highest BCUT2D eigenvalue weighted by Crippen LogP contribution is 2.11. The maximum Gasteiger partial charge on any atom is 0.223 e. The molecule has 1 aromatic rings. The SMILES string of the molecule is CS(=O)(=O)CCNc1cc(Cl)nc(N)n1. The van der Waals surface area contributed by atoms with Crippen LogP contribution in [0.4, 0.5) is 11.8 Å². The van der Waals surface area contributed by atoms with Crippen molar-refractivity contribution < 1.29 is 8.42 Å². The number of nitrogens with zero attached hydrogens (tertiary/aromatic N) is 2. The highest BCUT2D eigenvalue weighted by Gasteiger charge is 2.03. The maximum atomic E-state index is 10.8. The molecule has 6 nitrogen and oxygen atoms in total. The van der Waals surface area contributed by atoms with E-state index in [0.717, 1.165) is 6.26 Å². The lowest BCUT2D eigenvalue weighted by Crippen LogP contribution is -2.15. The number of sulfone groups is 1. The molecule has 0 fully saturated rings. The second-order valence-corrected chi connectivity index (χ2v) is 5.64. The van der Waals surface area contributed by atoms with E-state index in [4.69, 9.17) is 17.3 Å². The Labute approximate surface area is 92.8 Å². The van der Waals surface area contributed by atoms with Crippen molar-refractivity contribution in [2.24, 2.45) is 0 Å². The Bertz CT molecular complexity index is 428. The standard InChI is InChI=1S/C7H11ClN4O2S/c1-15(13,14)3-2-10-6-4-5(8)11-7(9)12-6/h4H,2-3H2,1H3,(H3,9,10,11,12). The Morgan fingerprint density at radius 3 is 2.73 bits per heavy atom. The molecule has 8 heteroatoms. The summed E-state index contributed by atoms with van der Waals surface area (Å²) in [7, 11) is -2.98. The van der Waals surface area contributed by atoms with Crippen molar-refractivity contribution in [2.45, 2.75) is 0 Å². The van der Waals surface area contributed by atoms with Crippen LogP contribution in [0.5, 0.6) is 0 Å². The molecule has 1 aromatic heterocycles. The first-order valence-electron chi connectivity index (χ1n) is 4.08. The zero-order valence-corrected chi connectivity index (χ0v) is 9.64. The van der Waals surface area contributed by atoms with Crippen molar-refractivity contribution in [3.63, 3.8) is 0 Å². The van der Waals surface area contributed by atoms with E-state index in [1.807, 2.05) is 0 Å². The fourth-order valence-corrected chi connectivity index (χ4v) is 1.55. The van der Waals surface area contributed by atoms with Crippen LogP contribution in [-0.4, -0.2) is 36.9 Å². The summed E-state index contributed by atoms with van der Waals surface area (Å²) in [5.74, 6) is 0.481. The van der Waals surface area contributed by atoms with Gasteiger partial charge in [-0.3, -0.25) is 0 Å². The lowest BCUT2D eigenvalue weighted by atomic mass is 10.5. The van der Waals surface area contributed by atoms with Gasteiger partial charge in [-0.2, -0.15) is 4.98 Å². The molecule has 84 valence electrons. The Kier molecular flexibility index (Phi) is 3.70. The van der Waals surface area contributed by atoms with E-state index < -0.39 is 9.84 Å². The van der Waals surface area contributed by atoms with Crippen LogP contribution in [0, 0.1) is 0 Å². The van der Waals surface area contributed by atoms with Crippen molar-refractivity contribution in [3.05, 3.63) is 11.2 Å². The summed E-state index contributed by atoms with van der Waals surface area (Å²) >= 11 is 5.63. The Morgan fingerprint density at radius 2 is 2.20 bits per heavy atom. The van der Waals surface area contributed by atoms with Crippen LogP contribution in [0.3, 0.4) is 0 Å². The van der Waals surface area contributed by atoms with E-state index in [1.165, 1.54) is 6.07 Å². The number of hydrogen-bond donors (Lipinski definition) is 2. The molecule has 15 heavy (non-hydrogen) atoms. The van der Waals surface area contributed by atoms with Crippen molar-refractivity contribution in [3.8, 4) is 0 Å². The fourth-order valence-electron chi connectivity index (χ4n) is 0.890. The van der Waals surface area contributed by atoms with Crippen LogP contribution >= 0.6 is 11.6 Å². The first-order valence-corrected chi connectivity index (χ1v) is 6.52. The molecule has 0 unspecified atom stereocenters. The zero-order chi connectivity index (χ0) is 11.5. The summed E-state index contributed by atoms with van der Waals surface area (Å²) < 4.78 is 21.7. The van der Waals surface area contributed by atoms with E-state index in [-0.39, 0.29) is 23.4 Å². The summed E-state index contributed by atoms with van der Waals surface area (Å²) in [6.07, 6.45) is 1.16. The minimum absolute atomic E-state index is 0.0223. The molecule has 0 saturated heterocycles. The molecule has 0 saturated carbocycles. The summed E-state index contributed by atoms with van der Waals surface area (Å²) in [6.45, 7) is 0.256. The van der Waals surface area contributed by atoms with E-state index in [1.54, 1.807) is 0 Å². The van der Waals surface area contributed by atoms with Gasteiger partial charge >= 0.3 is 0 Å². The topological polar surface area (TPSA) is 98.0 Å². The summed E-state index contributed by atoms with van der Waals surface area (Å²) in [4.78, 5) is 7.49. The summed E-state index contributed by atoms with van der Waals surface area (Å²) in [5, 5.41) is 3.00. The number of aromatic nitrogens is 2. The van der Waals surface area contributed by atoms with Crippen LogP contribution in [0.25, 0.3) is 0 Å². The minimum Gasteiger partial charge on any atom is -0.369 e. The molecule has 0 atom stereocenters. The molecular weight excluding hydrogens is 240 g/mol. The predicted octanol–water partition coefficient (Wildman–Crippen LogP) is 0.169. The summed E-state index contributed by atoms with van der Waals surface area (Å²) in [5.41, 5.74) is 5.35. The van der Waals surface area contributed by atoms with Gasteiger partial charge < -0.3 is 11.1 Å². The monoisotopic (exact) mass is 250 g/mol. The second kappa shape index (κ2) is 4.63. The lowest BCUT2D eigenvalue weighted by molar-refractivity contribution is 0.602. The molecule has 0 aliphatic heterocycles. The average molecular weight is 251 g/mol. The third-order valence-corrected chi connectivity index (χ3v) is 2.63. The molecule has 0 bridgehead atoms. The molecule has 0 spiro atoms. The Morgan fingerprint density at radius 1 is 1.53 bits per heavy atom.